The average Bonchev–Trinajstić information content (AvgIpc) is 3.12. The van der Waals surface area contributed by atoms with E-state index in [9.17, 15) is 9.59 Å². The fourth-order valence-corrected chi connectivity index (χ4v) is 4.86. The van der Waals surface area contributed by atoms with Gasteiger partial charge in [-0.1, -0.05) is 11.8 Å². The van der Waals surface area contributed by atoms with Crippen LogP contribution in [-0.4, -0.2) is 22.8 Å². The highest BCUT2D eigenvalue weighted by atomic mass is 32.2. The third kappa shape index (κ3) is 3.68. The number of carbonyl (C=O) groups excluding carboxylic acids is 2. The molecule has 3 aromatic rings. The first-order chi connectivity index (χ1) is 13.5. The quantitative estimate of drug-likeness (QED) is 0.669. The molecule has 0 atom stereocenters. The molecule has 0 saturated carbocycles. The van der Waals surface area contributed by atoms with Gasteiger partial charge in [-0.2, -0.15) is 11.3 Å². The molecule has 3 heterocycles. The number of anilines is 2. The van der Waals surface area contributed by atoms with Crippen molar-refractivity contribution in [3.05, 3.63) is 64.5 Å². The molecule has 1 aliphatic rings. The van der Waals surface area contributed by atoms with Crippen LogP contribution in [-0.2, 0) is 11.2 Å². The zero-order valence-electron chi connectivity index (χ0n) is 15.5. The number of benzene rings is 1. The van der Waals surface area contributed by atoms with Crippen molar-refractivity contribution in [1.29, 1.82) is 0 Å². The van der Waals surface area contributed by atoms with E-state index in [1.165, 1.54) is 11.8 Å². The fraction of sp³-hybridized carbons (Fsp3) is 0.190. The highest BCUT2D eigenvalue weighted by Gasteiger charge is 2.29. The fourth-order valence-electron chi connectivity index (χ4n) is 3.15. The Bertz CT molecular complexity index is 1030. The van der Waals surface area contributed by atoms with Crippen LogP contribution in [0.1, 0.15) is 29.8 Å². The first-order valence-corrected chi connectivity index (χ1v) is 10.7. The second-order valence-electron chi connectivity index (χ2n) is 6.77. The van der Waals surface area contributed by atoms with E-state index in [0.717, 1.165) is 16.1 Å². The Morgan fingerprint density at radius 2 is 2.11 bits per heavy atom. The molecule has 0 unspecified atom stereocenters. The van der Waals surface area contributed by atoms with Crippen molar-refractivity contribution in [2.75, 3.05) is 10.2 Å². The molecule has 1 N–H and O–H groups in total. The van der Waals surface area contributed by atoms with Crippen LogP contribution < -0.4 is 10.2 Å². The number of fused-ring (bicyclic) bond motifs is 2. The van der Waals surface area contributed by atoms with E-state index in [2.05, 4.69) is 10.3 Å². The van der Waals surface area contributed by atoms with Gasteiger partial charge in [0.05, 0.1) is 17.7 Å². The van der Waals surface area contributed by atoms with Crippen molar-refractivity contribution in [1.82, 2.24) is 4.98 Å². The smallest absolute Gasteiger partial charge is 0.261 e. The molecule has 0 radical (unpaired) electrons. The molecule has 2 aromatic heterocycles. The van der Waals surface area contributed by atoms with E-state index in [0.29, 0.717) is 22.7 Å². The van der Waals surface area contributed by atoms with Crippen LogP contribution in [0.15, 0.2) is 63.3 Å². The maximum atomic E-state index is 13.1. The second-order valence-corrected chi connectivity index (χ2v) is 8.58. The number of hydrogen-bond donors (Lipinski definition) is 1. The molecule has 0 spiro atoms. The van der Waals surface area contributed by atoms with Gasteiger partial charge in [0.1, 0.15) is 5.03 Å². The molecular formula is C21H19N3O2S2. The summed E-state index contributed by atoms with van der Waals surface area (Å²) in [6.07, 6.45) is 2.03. The first-order valence-electron chi connectivity index (χ1n) is 8.94. The number of nitrogens with zero attached hydrogens (tertiary/aromatic N) is 2. The van der Waals surface area contributed by atoms with Crippen LogP contribution >= 0.6 is 23.1 Å². The summed E-state index contributed by atoms with van der Waals surface area (Å²) in [5, 5.41) is 7.57. The Labute approximate surface area is 171 Å². The number of hydrogen-bond acceptors (Lipinski definition) is 5. The van der Waals surface area contributed by atoms with E-state index >= 15 is 0 Å². The Kier molecular flexibility index (Phi) is 5.19. The summed E-state index contributed by atoms with van der Waals surface area (Å²) in [5.74, 6) is -0.120. The predicted molar refractivity (Wildman–Crippen MR) is 113 cm³/mol. The lowest BCUT2D eigenvalue weighted by Crippen LogP contribution is -2.37. The maximum Gasteiger partial charge on any atom is 0.261 e. The summed E-state index contributed by atoms with van der Waals surface area (Å²) < 4.78 is 0. The van der Waals surface area contributed by atoms with Gasteiger partial charge in [-0.25, -0.2) is 4.98 Å². The van der Waals surface area contributed by atoms with Crippen LogP contribution in [0, 0.1) is 0 Å². The van der Waals surface area contributed by atoms with Crippen LogP contribution in [0.2, 0.25) is 0 Å². The SMILES string of the molecule is CC(C)N1C(=O)c2cccnc2Sc2cc(NC(=O)Cc3ccsc3)ccc21. The molecule has 2 amide bonds. The van der Waals surface area contributed by atoms with E-state index in [-0.39, 0.29) is 17.9 Å². The Morgan fingerprint density at radius 1 is 1.25 bits per heavy atom. The van der Waals surface area contributed by atoms with Crippen molar-refractivity contribution in [2.24, 2.45) is 0 Å². The summed E-state index contributed by atoms with van der Waals surface area (Å²) in [5.41, 5.74) is 3.14. The van der Waals surface area contributed by atoms with Gasteiger partial charge < -0.3 is 10.2 Å². The average molecular weight is 410 g/mol. The van der Waals surface area contributed by atoms with Crippen LogP contribution in [0.25, 0.3) is 0 Å². The second kappa shape index (κ2) is 7.77. The van der Waals surface area contributed by atoms with Gasteiger partial charge in [0.2, 0.25) is 5.91 Å². The minimum absolute atomic E-state index is 0.00274. The normalized spacial score (nSPS) is 13.1. The van der Waals surface area contributed by atoms with Gasteiger partial charge in [0.15, 0.2) is 0 Å². The monoisotopic (exact) mass is 409 g/mol. The lowest BCUT2D eigenvalue weighted by Gasteiger charge is -2.27. The summed E-state index contributed by atoms with van der Waals surface area (Å²) in [7, 11) is 0. The molecule has 142 valence electrons. The standard InChI is InChI=1S/C21H19N3O2S2/c1-13(2)24-17-6-5-15(23-19(25)10-14-7-9-27-12-14)11-18(17)28-20-16(21(24)26)4-3-8-22-20/h3-9,11-13H,10H2,1-2H3,(H,23,25). The molecule has 0 aliphatic carbocycles. The minimum atomic E-state index is -0.0627. The number of thiophene rings is 1. The van der Waals surface area contributed by atoms with Gasteiger partial charge in [-0.05, 0) is 66.6 Å². The van der Waals surface area contributed by atoms with Gasteiger partial charge in [0.25, 0.3) is 5.91 Å². The van der Waals surface area contributed by atoms with Crippen molar-refractivity contribution in [3.8, 4) is 0 Å². The molecule has 0 saturated heterocycles. The molecule has 4 rings (SSSR count). The van der Waals surface area contributed by atoms with E-state index in [4.69, 9.17) is 0 Å². The Balaban J connectivity index is 1.67. The molecule has 28 heavy (non-hydrogen) atoms. The Morgan fingerprint density at radius 3 is 2.86 bits per heavy atom. The van der Waals surface area contributed by atoms with Crippen molar-refractivity contribution in [3.63, 3.8) is 0 Å². The van der Waals surface area contributed by atoms with Crippen molar-refractivity contribution >= 4 is 46.3 Å². The van der Waals surface area contributed by atoms with E-state index in [1.54, 1.807) is 28.5 Å². The van der Waals surface area contributed by atoms with E-state index < -0.39 is 0 Å². The minimum Gasteiger partial charge on any atom is -0.326 e. The molecule has 1 aliphatic heterocycles. The van der Waals surface area contributed by atoms with E-state index in [1.807, 2.05) is 54.9 Å². The summed E-state index contributed by atoms with van der Waals surface area (Å²) in [4.78, 5) is 32.5. The van der Waals surface area contributed by atoms with Gasteiger partial charge in [-0.15, -0.1) is 0 Å². The topological polar surface area (TPSA) is 62.3 Å². The van der Waals surface area contributed by atoms with Crippen LogP contribution in [0.3, 0.4) is 0 Å². The summed E-state index contributed by atoms with van der Waals surface area (Å²) >= 11 is 3.03. The number of pyridine rings is 1. The van der Waals surface area contributed by atoms with Crippen LogP contribution in [0.5, 0.6) is 0 Å². The highest BCUT2D eigenvalue weighted by molar-refractivity contribution is 7.99. The molecule has 0 fully saturated rings. The van der Waals surface area contributed by atoms with Crippen molar-refractivity contribution < 1.29 is 9.59 Å². The highest BCUT2D eigenvalue weighted by Crippen LogP contribution is 2.42. The largest absolute Gasteiger partial charge is 0.326 e. The van der Waals surface area contributed by atoms with Gasteiger partial charge in [0, 0.05) is 22.8 Å². The van der Waals surface area contributed by atoms with Gasteiger partial charge in [-0.3, -0.25) is 9.59 Å². The number of amides is 2. The summed E-state index contributed by atoms with van der Waals surface area (Å²) in [6.45, 7) is 3.98. The number of carbonyl (C=O) groups is 2. The maximum absolute atomic E-state index is 13.1. The molecule has 5 nitrogen and oxygen atoms in total. The predicted octanol–water partition coefficient (Wildman–Crippen LogP) is 4.84. The molecule has 7 heteroatoms. The van der Waals surface area contributed by atoms with Gasteiger partial charge >= 0.3 is 0 Å². The lowest BCUT2D eigenvalue weighted by molar-refractivity contribution is -0.115. The molecule has 1 aromatic carbocycles. The lowest BCUT2D eigenvalue weighted by atomic mass is 10.1. The number of rotatable bonds is 4. The molecular weight excluding hydrogens is 390 g/mol. The zero-order valence-corrected chi connectivity index (χ0v) is 17.1. The van der Waals surface area contributed by atoms with Crippen molar-refractivity contribution in [2.45, 2.75) is 36.2 Å². The summed E-state index contributed by atoms with van der Waals surface area (Å²) in [6, 6.07) is 11.2. The Hall–Kier alpha value is -2.64. The van der Waals surface area contributed by atoms with Crippen LogP contribution in [0.4, 0.5) is 11.4 Å². The third-order valence-electron chi connectivity index (χ3n) is 4.39. The number of aromatic nitrogens is 1. The molecule has 0 bridgehead atoms. The number of nitrogens with one attached hydrogen (secondary N) is 1. The first kappa shape index (κ1) is 18.7. The third-order valence-corrected chi connectivity index (χ3v) is 6.19. The zero-order chi connectivity index (χ0) is 19.7.